The van der Waals surface area contributed by atoms with Gasteiger partial charge in [0.15, 0.2) is 5.82 Å². The van der Waals surface area contributed by atoms with Crippen LogP contribution in [-0.4, -0.2) is 10.1 Å². The van der Waals surface area contributed by atoms with Gasteiger partial charge in [0.25, 0.3) is 0 Å². The molecule has 1 aromatic rings. The summed E-state index contributed by atoms with van der Waals surface area (Å²) in [7, 11) is 0. The van der Waals surface area contributed by atoms with E-state index >= 15 is 0 Å². The lowest BCUT2D eigenvalue weighted by molar-refractivity contribution is 0.366. The van der Waals surface area contributed by atoms with E-state index in [0.29, 0.717) is 11.9 Å². The van der Waals surface area contributed by atoms with Gasteiger partial charge < -0.3 is 4.52 Å². The molecular formula is C6H10N4O. The summed E-state index contributed by atoms with van der Waals surface area (Å²) in [4.78, 5) is 4.04. The maximum absolute atomic E-state index is 5.08. The van der Waals surface area contributed by atoms with Crippen LogP contribution in [0.15, 0.2) is 4.52 Å². The zero-order chi connectivity index (χ0) is 7.68. The first-order valence-corrected chi connectivity index (χ1v) is 3.70. The van der Waals surface area contributed by atoms with E-state index in [1.165, 1.54) is 19.3 Å². The van der Waals surface area contributed by atoms with Crippen LogP contribution in [0.1, 0.15) is 31.0 Å². The van der Waals surface area contributed by atoms with Crippen molar-refractivity contribution in [2.45, 2.75) is 25.2 Å². The van der Waals surface area contributed by atoms with Crippen molar-refractivity contribution < 1.29 is 4.52 Å². The first kappa shape index (κ1) is 6.60. The summed E-state index contributed by atoms with van der Waals surface area (Å²) in [6.45, 7) is 0. The molecule has 0 saturated heterocycles. The Morgan fingerprint density at radius 3 is 2.82 bits per heavy atom. The average Bonchev–Trinajstić information content (AvgIpc) is 2.32. The largest absolute Gasteiger partial charge is 0.335 e. The summed E-state index contributed by atoms with van der Waals surface area (Å²) < 4.78 is 4.77. The van der Waals surface area contributed by atoms with E-state index in [-0.39, 0.29) is 0 Å². The molecule has 2 rings (SSSR count). The van der Waals surface area contributed by atoms with Gasteiger partial charge >= 0.3 is 6.01 Å². The second-order valence-corrected chi connectivity index (χ2v) is 2.73. The Morgan fingerprint density at radius 2 is 2.36 bits per heavy atom. The highest BCUT2D eigenvalue weighted by Crippen LogP contribution is 2.34. The Kier molecular flexibility index (Phi) is 1.50. The zero-order valence-electron chi connectivity index (χ0n) is 6.08. The van der Waals surface area contributed by atoms with Crippen LogP contribution in [0.2, 0.25) is 0 Å². The molecule has 5 nitrogen and oxygen atoms in total. The van der Waals surface area contributed by atoms with Crippen molar-refractivity contribution in [1.29, 1.82) is 0 Å². The number of nitrogens with one attached hydrogen (secondary N) is 1. The van der Waals surface area contributed by atoms with Crippen LogP contribution in [0.5, 0.6) is 0 Å². The third-order valence-electron chi connectivity index (χ3n) is 2.04. The van der Waals surface area contributed by atoms with Crippen LogP contribution in [0.25, 0.3) is 0 Å². The molecule has 5 heteroatoms. The summed E-state index contributed by atoms with van der Waals surface area (Å²) in [5.74, 6) is 6.36. The highest BCUT2D eigenvalue weighted by molar-refractivity contribution is 5.16. The number of hydrogen-bond donors (Lipinski definition) is 2. The van der Waals surface area contributed by atoms with Crippen molar-refractivity contribution in [2.24, 2.45) is 5.84 Å². The minimum absolute atomic E-state index is 0.298. The Labute approximate surface area is 63.9 Å². The molecule has 1 aromatic heterocycles. The summed E-state index contributed by atoms with van der Waals surface area (Å²) >= 11 is 0. The summed E-state index contributed by atoms with van der Waals surface area (Å²) in [5.41, 5.74) is 2.31. The van der Waals surface area contributed by atoms with Gasteiger partial charge in [-0.15, -0.1) is 0 Å². The summed E-state index contributed by atoms with van der Waals surface area (Å²) in [6.07, 6.45) is 3.61. The van der Waals surface area contributed by atoms with Crippen molar-refractivity contribution in [3.05, 3.63) is 5.82 Å². The number of nitrogen functional groups attached to an aromatic ring is 1. The predicted octanol–water partition coefficient (Wildman–Crippen LogP) is 0.623. The number of anilines is 1. The SMILES string of the molecule is NNc1nc(C2CCC2)no1. The fourth-order valence-corrected chi connectivity index (χ4v) is 1.13. The Bertz CT molecular complexity index is 242. The second-order valence-electron chi connectivity index (χ2n) is 2.73. The first-order chi connectivity index (χ1) is 5.40. The molecular weight excluding hydrogens is 144 g/mol. The number of nitrogens with two attached hydrogens (primary N) is 1. The van der Waals surface area contributed by atoms with Crippen LogP contribution in [0, 0.1) is 0 Å². The molecule has 1 saturated carbocycles. The quantitative estimate of drug-likeness (QED) is 0.482. The minimum atomic E-state index is 0.298. The molecule has 0 bridgehead atoms. The molecule has 1 heterocycles. The number of nitrogens with zero attached hydrogens (tertiary/aromatic N) is 2. The minimum Gasteiger partial charge on any atom is -0.314 e. The molecule has 1 aliphatic rings. The number of aromatic nitrogens is 2. The zero-order valence-corrected chi connectivity index (χ0v) is 6.08. The second kappa shape index (κ2) is 2.50. The van der Waals surface area contributed by atoms with Gasteiger partial charge in [-0.1, -0.05) is 11.6 Å². The standard InChI is InChI=1S/C6H10N4O/c7-9-6-8-5(10-11-6)4-2-1-3-4/h4H,1-3,7H2,(H,8,9,10). The van der Waals surface area contributed by atoms with E-state index in [9.17, 15) is 0 Å². The average molecular weight is 154 g/mol. The molecule has 0 aliphatic heterocycles. The molecule has 0 spiro atoms. The van der Waals surface area contributed by atoms with Crippen molar-refractivity contribution in [3.8, 4) is 0 Å². The molecule has 11 heavy (non-hydrogen) atoms. The Balaban J connectivity index is 2.11. The highest BCUT2D eigenvalue weighted by atomic mass is 16.5. The fourth-order valence-electron chi connectivity index (χ4n) is 1.13. The predicted molar refractivity (Wildman–Crippen MR) is 38.7 cm³/mol. The maximum atomic E-state index is 5.08. The van der Waals surface area contributed by atoms with Gasteiger partial charge in [0, 0.05) is 5.92 Å². The Hall–Kier alpha value is -1.10. The summed E-state index contributed by atoms with van der Waals surface area (Å²) in [5, 5.41) is 3.78. The fraction of sp³-hybridized carbons (Fsp3) is 0.667. The first-order valence-electron chi connectivity index (χ1n) is 3.70. The molecule has 0 amide bonds. The van der Waals surface area contributed by atoms with E-state index in [4.69, 9.17) is 10.4 Å². The van der Waals surface area contributed by atoms with Crippen molar-refractivity contribution in [2.75, 3.05) is 5.43 Å². The van der Waals surface area contributed by atoms with Crippen molar-refractivity contribution in [1.82, 2.24) is 10.1 Å². The molecule has 0 unspecified atom stereocenters. The molecule has 60 valence electrons. The van der Waals surface area contributed by atoms with E-state index in [1.54, 1.807) is 0 Å². The van der Waals surface area contributed by atoms with E-state index < -0.39 is 0 Å². The van der Waals surface area contributed by atoms with Crippen LogP contribution < -0.4 is 11.3 Å². The molecule has 1 fully saturated rings. The number of hydrogen-bond acceptors (Lipinski definition) is 5. The topological polar surface area (TPSA) is 77.0 Å². The Morgan fingerprint density at radius 1 is 1.55 bits per heavy atom. The molecule has 0 aromatic carbocycles. The molecule has 0 atom stereocenters. The molecule has 3 N–H and O–H groups in total. The third-order valence-corrected chi connectivity index (χ3v) is 2.04. The van der Waals surface area contributed by atoms with Crippen LogP contribution in [0.3, 0.4) is 0 Å². The third kappa shape index (κ3) is 1.07. The van der Waals surface area contributed by atoms with Crippen LogP contribution >= 0.6 is 0 Å². The van der Waals surface area contributed by atoms with Gasteiger partial charge in [-0.25, -0.2) is 5.84 Å². The lowest BCUT2D eigenvalue weighted by Crippen LogP contribution is -2.11. The van der Waals surface area contributed by atoms with E-state index in [2.05, 4.69) is 15.6 Å². The monoisotopic (exact) mass is 154 g/mol. The van der Waals surface area contributed by atoms with Crippen molar-refractivity contribution in [3.63, 3.8) is 0 Å². The van der Waals surface area contributed by atoms with E-state index in [0.717, 1.165) is 5.82 Å². The lowest BCUT2D eigenvalue weighted by Gasteiger charge is -2.20. The highest BCUT2D eigenvalue weighted by Gasteiger charge is 2.24. The van der Waals surface area contributed by atoms with Gasteiger partial charge in [0.2, 0.25) is 0 Å². The summed E-state index contributed by atoms with van der Waals surface area (Å²) in [6, 6.07) is 0.298. The smallest absolute Gasteiger partial charge is 0.314 e. The van der Waals surface area contributed by atoms with Gasteiger partial charge in [-0.3, -0.25) is 5.43 Å². The van der Waals surface area contributed by atoms with E-state index in [1.807, 2.05) is 0 Å². The van der Waals surface area contributed by atoms with Gasteiger partial charge in [-0.05, 0) is 12.8 Å². The van der Waals surface area contributed by atoms with Gasteiger partial charge in [0.1, 0.15) is 0 Å². The maximum Gasteiger partial charge on any atom is 0.335 e. The van der Waals surface area contributed by atoms with Crippen LogP contribution in [-0.2, 0) is 0 Å². The van der Waals surface area contributed by atoms with Gasteiger partial charge in [-0.2, -0.15) is 4.98 Å². The van der Waals surface area contributed by atoms with Gasteiger partial charge in [0.05, 0.1) is 0 Å². The normalized spacial score (nSPS) is 17.9. The van der Waals surface area contributed by atoms with Crippen LogP contribution in [0.4, 0.5) is 6.01 Å². The number of hydrazine groups is 1. The van der Waals surface area contributed by atoms with Crippen molar-refractivity contribution >= 4 is 6.01 Å². The molecule has 1 aliphatic carbocycles. The molecule has 0 radical (unpaired) electrons. The lowest BCUT2D eigenvalue weighted by atomic mass is 9.85. The number of rotatable bonds is 2.